The quantitative estimate of drug-likeness (QED) is 0.274. The molecule has 0 spiro atoms. The topological polar surface area (TPSA) is 171 Å². The molecular weight excluding hydrogens is 574 g/mol. The molecule has 3 aliphatic heterocycles. The predicted molar refractivity (Wildman–Crippen MR) is 161 cm³/mol. The molecule has 0 aromatic heterocycles. The van der Waals surface area contributed by atoms with E-state index >= 15 is 0 Å². The summed E-state index contributed by atoms with van der Waals surface area (Å²) in [5, 5.41) is 12.0. The van der Waals surface area contributed by atoms with E-state index in [1.807, 2.05) is 47.4 Å². The number of carboxylic acids is 1. The molecule has 1 atom stereocenters. The van der Waals surface area contributed by atoms with Gasteiger partial charge >= 0.3 is 11.7 Å². The van der Waals surface area contributed by atoms with Crippen LogP contribution in [0.25, 0.3) is 27.8 Å². The SMILES string of the molecule is CC1(C)/C(=C/C=C2\CC(C(=O)O)Cc3cc4c(=O)[nH]c(=O)nc-4oc32)N(CCCS(=O)(=O)O)c2ccc3ccccc3c21. The Labute approximate surface area is 246 Å². The molecule has 222 valence electrons. The lowest BCUT2D eigenvalue weighted by Gasteiger charge is -2.28. The number of nitrogens with one attached hydrogen (secondary N) is 1. The average Bonchev–Trinajstić information content (AvgIpc) is 3.15. The first kappa shape index (κ1) is 28.6. The van der Waals surface area contributed by atoms with Crippen molar-refractivity contribution in [1.29, 1.82) is 0 Å². The lowest BCUT2D eigenvalue weighted by Crippen LogP contribution is -2.28. The number of hydrogen-bond donors (Lipinski definition) is 3. The monoisotopic (exact) mass is 603 g/mol. The second-order valence-corrected chi connectivity index (χ2v) is 13.0. The zero-order chi connectivity index (χ0) is 30.7. The van der Waals surface area contributed by atoms with Crippen LogP contribution in [0.5, 0.6) is 0 Å². The predicted octanol–water partition coefficient (Wildman–Crippen LogP) is 3.97. The van der Waals surface area contributed by atoms with Crippen LogP contribution < -0.4 is 16.1 Å². The molecule has 43 heavy (non-hydrogen) atoms. The number of hydrogen-bond acceptors (Lipinski definition) is 8. The molecule has 2 aromatic rings. The summed E-state index contributed by atoms with van der Waals surface area (Å²) < 4.78 is 38.4. The van der Waals surface area contributed by atoms with Crippen LogP contribution in [0.1, 0.15) is 43.6 Å². The number of aromatic amines is 1. The van der Waals surface area contributed by atoms with Gasteiger partial charge < -0.3 is 14.4 Å². The number of allylic oxidation sites excluding steroid dienone is 4. The molecule has 3 N–H and O–H groups in total. The van der Waals surface area contributed by atoms with Crippen LogP contribution in [0.3, 0.4) is 0 Å². The molecule has 3 heterocycles. The summed E-state index contributed by atoms with van der Waals surface area (Å²) in [5.74, 6) is -1.92. The van der Waals surface area contributed by atoms with Gasteiger partial charge in [-0.15, -0.1) is 0 Å². The summed E-state index contributed by atoms with van der Waals surface area (Å²) in [6.45, 7) is 4.46. The lowest BCUT2D eigenvalue weighted by molar-refractivity contribution is -0.141. The summed E-state index contributed by atoms with van der Waals surface area (Å²) in [5.41, 5.74) is 1.93. The normalized spacial score (nSPS) is 19.7. The van der Waals surface area contributed by atoms with Gasteiger partial charge in [0.2, 0.25) is 5.89 Å². The number of aliphatic carboxylic acids is 1. The Balaban J connectivity index is 1.51. The van der Waals surface area contributed by atoms with Gasteiger partial charge in [0.15, 0.2) is 0 Å². The van der Waals surface area contributed by atoms with Gasteiger partial charge in [-0.25, -0.2) is 4.79 Å². The second kappa shape index (κ2) is 10.3. The smallest absolute Gasteiger partial charge is 0.351 e. The van der Waals surface area contributed by atoms with Crippen molar-refractivity contribution < 1.29 is 27.3 Å². The van der Waals surface area contributed by atoms with E-state index in [0.717, 1.165) is 27.7 Å². The third-order valence-corrected chi connectivity index (χ3v) is 9.07. The van der Waals surface area contributed by atoms with E-state index in [1.54, 1.807) is 6.08 Å². The third kappa shape index (κ3) is 5.17. The third-order valence-electron chi connectivity index (χ3n) is 8.26. The van der Waals surface area contributed by atoms with Gasteiger partial charge in [0.25, 0.3) is 15.7 Å². The van der Waals surface area contributed by atoms with Crippen molar-refractivity contribution in [2.75, 3.05) is 17.2 Å². The maximum atomic E-state index is 12.4. The van der Waals surface area contributed by atoms with Gasteiger partial charge in [-0.3, -0.25) is 19.1 Å². The Morgan fingerprint density at radius 2 is 1.93 bits per heavy atom. The number of fused-ring (bicyclic) bond motifs is 5. The minimum atomic E-state index is -4.15. The first-order chi connectivity index (χ1) is 20.3. The molecule has 0 radical (unpaired) electrons. The fourth-order valence-corrected chi connectivity index (χ4v) is 6.84. The molecule has 4 aliphatic rings. The molecule has 12 heteroatoms. The molecule has 1 unspecified atom stereocenters. The van der Waals surface area contributed by atoms with Crippen molar-refractivity contribution in [1.82, 2.24) is 9.97 Å². The summed E-state index contributed by atoms with van der Waals surface area (Å²) in [7, 11) is -4.15. The Hall–Kier alpha value is -4.55. The molecule has 11 nitrogen and oxygen atoms in total. The standard InChI is InChI=1S/C31H29N3O8S/c1-31(2)24(34(12-5-13-43(39,40)41)23-10-8-17-6-3-4-7-21(17)25(23)31)11-9-18-14-20(29(36)37)15-19-16-22-27(35)32-30(38)33-28(22)42-26(18)19/h3-4,6-11,16,20H,5,12-15H2,1-2H3,(H,36,37)(H,32,35,38)(H,39,40,41)/b18-9+,24-11-. The molecule has 2 aromatic carbocycles. The number of carboxylic acid groups (broad SMARTS) is 1. The van der Waals surface area contributed by atoms with Crippen molar-refractivity contribution in [3.63, 3.8) is 0 Å². The Morgan fingerprint density at radius 1 is 1.16 bits per heavy atom. The van der Waals surface area contributed by atoms with Crippen LogP contribution in [-0.4, -0.2) is 46.3 Å². The number of benzene rings is 2. The van der Waals surface area contributed by atoms with E-state index in [9.17, 15) is 32.5 Å². The van der Waals surface area contributed by atoms with Gasteiger partial charge in [-0.05, 0) is 64.9 Å². The lowest BCUT2D eigenvalue weighted by atomic mass is 9.80. The molecular formula is C31H29N3O8S. The van der Waals surface area contributed by atoms with E-state index in [0.29, 0.717) is 23.4 Å². The average molecular weight is 604 g/mol. The van der Waals surface area contributed by atoms with Crippen molar-refractivity contribution in [3.05, 3.63) is 98.0 Å². The highest BCUT2D eigenvalue weighted by Gasteiger charge is 2.41. The van der Waals surface area contributed by atoms with Crippen LogP contribution in [0.4, 0.5) is 5.69 Å². The molecule has 0 saturated heterocycles. The summed E-state index contributed by atoms with van der Waals surface area (Å²) >= 11 is 0. The molecule has 0 amide bonds. The number of rotatable bonds is 6. The summed E-state index contributed by atoms with van der Waals surface area (Å²) in [6, 6.07) is 13.5. The van der Waals surface area contributed by atoms with Gasteiger partial charge in [0.1, 0.15) is 11.3 Å². The fourth-order valence-electron chi connectivity index (χ4n) is 6.35. The Morgan fingerprint density at radius 3 is 2.67 bits per heavy atom. The van der Waals surface area contributed by atoms with Crippen molar-refractivity contribution in [3.8, 4) is 11.5 Å². The number of aromatic nitrogens is 2. The Kier molecular flexibility index (Phi) is 6.85. The van der Waals surface area contributed by atoms with E-state index in [2.05, 4.69) is 23.8 Å². The maximum Gasteiger partial charge on any atom is 0.351 e. The maximum absolute atomic E-state index is 12.4. The van der Waals surface area contributed by atoms with E-state index in [1.165, 1.54) is 6.07 Å². The number of carbonyl (C=O) groups is 1. The minimum Gasteiger partial charge on any atom is -0.481 e. The summed E-state index contributed by atoms with van der Waals surface area (Å²) in [4.78, 5) is 44.3. The highest BCUT2D eigenvalue weighted by molar-refractivity contribution is 7.85. The van der Waals surface area contributed by atoms with Crippen LogP contribution in [-0.2, 0) is 26.7 Å². The van der Waals surface area contributed by atoms with Crippen molar-refractivity contribution >= 4 is 38.1 Å². The van der Waals surface area contributed by atoms with E-state index < -0.39 is 44.4 Å². The summed E-state index contributed by atoms with van der Waals surface area (Å²) in [6.07, 6.45) is 4.14. The largest absolute Gasteiger partial charge is 0.481 e. The van der Waals surface area contributed by atoms with Crippen molar-refractivity contribution in [2.24, 2.45) is 5.92 Å². The van der Waals surface area contributed by atoms with Gasteiger partial charge in [0, 0.05) is 23.3 Å². The first-order valence-electron chi connectivity index (χ1n) is 13.8. The first-order valence-corrected chi connectivity index (χ1v) is 15.4. The molecule has 0 bridgehead atoms. The minimum absolute atomic E-state index is 0.0614. The van der Waals surface area contributed by atoms with E-state index in [4.69, 9.17) is 4.42 Å². The van der Waals surface area contributed by atoms with Crippen LogP contribution in [0.15, 0.2) is 74.3 Å². The zero-order valence-corrected chi connectivity index (χ0v) is 24.3. The number of anilines is 1. The Bertz CT molecular complexity index is 2060. The van der Waals surface area contributed by atoms with Crippen LogP contribution >= 0.6 is 0 Å². The molecule has 0 fully saturated rings. The molecule has 0 saturated carbocycles. The molecule has 1 aliphatic carbocycles. The van der Waals surface area contributed by atoms with E-state index in [-0.39, 0.29) is 30.7 Å². The molecule has 6 rings (SSSR count). The number of nitrogens with zero attached hydrogens (tertiary/aromatic N) is 2. The van der Waals surface area contributed by atoms with Gasteiger partial charge in [-0.2, -0.15) is 13.4 Å². The fraction of sp³-hybridized carbons (Fsp3) is 0.290. The number of H-pyrrole nitrogens is 1. The van der Waals surface area contributed by atoms with Crippen molar-refractivity contribution in [2.45, 2.75) is 38.5 Å². The van der Waals surface area contributed by atoms with Gasteiger partial charge in [-0.1, -0.05) is 50.3 Å². The second-order valence-electron chi connectivity index (χ2n) is 11.5. The van der Waals surface area contributed by atoms with Crippen LogP contribution in [0.2, 0.25) is 0 Å². The van der Waals surface area contributed by atoms with Gasteiger partial charge in [0.05, 0.1) is 11.7 Å². The van der Waals surface area contributed by atoms with Crippen LogP contribution in [0, 0.1) is 5.92 Å². The highest BCUT2D eigenvalue weighted by atomic mass is 32.2. The highest BCUT2D eigenvalue weighted by Crippen LogP contribution is 2.51. The zero-order valence-electron chi connectivity index (χ0n) is 23.5.